The second-order valence-corrected chi connectivity index (χ2v) is 6.25. The number of aromatic nitrogens is 1. The van der Waals surface area contributed by atoms with Gasteiger partial charge in [-0.05, 0) is 59.6 Å². The van der Waals surface area contributed by atoms with Crippen molar-refractivity contribution in [3.05, 3.63) is 74.0 Å². The molecule has 1 heterocycles. The van der Waals surface area contributed by atoms with Gasteiger partial charge in [-0.3, -0.25) is 9.59 Å². The topological polar surface area (TPSA) is 62.0 Å². The van der Waals surface area contributed by atoms with Crippen LogP contribution in [0, 0.1) is 13.8 Å². The Morgan fingerprint density at radius 2 is 1.83 bits per heavy atom. The number of amides is 1. The Balaban J connectivity index is 1.99. The molecule has 0 aliphatic carbocycles. The summed E-state index contributed by atoms with van der Waals surface area (Å²) in [4.78, 5) is 27.1. The van der Waals surface area contributed by atoms with Crippen molar-refractivity contribution in [1.82, 2.24) is 4.98 Å². The van der Waals surface area contributed by atoms with Crippen LogP contribution in [0.25, 0.3) is 10.9 Å². The number of hydrogen-bond acceptors (Lipinski definition) is 2. The minimum absolute atomic E-state index is 0.107. The van der Waals surface area contributed by atoms with Gasteiger partial charge in [0.2, 0.25) is 0 Å². The first-order chi connectivity index (χ1) is 11.0. The van der Waals surface area contributed by atoms with Crippen molar-refractivity contribution in [1.29, 1.82) is 0 Å². The molecule has 1 aromatic heterocycles. The smallest absolute Gasteiger partial charge is 0.256 e. The highest BCUT2D eigenvalue weighted by Gasteiger charge is 2.11. The van der Waals surface area contributed by atoms with E-state index in [-0.39, 0.29) is 11.5 Å². The molecule has 116 valence electrons. The summed E-state index contributed by atoms with van der Waals surface area (Å²) in [5.74, 6) is -0.206. The van der Waals surface area contributed by atoms with E-state index in [9.17, 15) is 9.59 Å². The fourth-order valence-corrected chi connectivity index (χ4v) is 2.95. The summed E-state index contributed by atoms with van der Waals surface area (Å²) in [5, 5.41) is 3.83. The maximum Gasteiger partial charge on any atom is 0.256 e. The number of pyridine rings is 1. The first-order valence-electron chi connectivity index (χ1n) is 7.16. The van der Waals surface area contributed by atoms with E-state index in [0.717, 1.165) is 15.4 Å². The van der Waals surface area contributed by atoms with Crippen LogP contribution in [0.3, 0.4) is 0 Å². The van der Waals surface area contributed by atoms with Crippen LogP contribution in [0.2, 0.25) is 0 Å². The minimum Gasteiger partial charge on any atom is -0.322 e. The SMILES string of the molecule is Cc1c(C)c2ccc(NC(=O)c3ccccc3Br)cc2[nH]c1=O. The molecule has 3 aromatic rings. The van der Waals surface area contributed by atoms with E-state index in [1.54, 1.807) is 19.1 Å². The number of halogens is 1. The van der Waals surface area contributed by atoms with E-state index < -0.39 is 0 Å². The molecule has 2 aromatic carbocycles. The predicted octanol–water partition coefficient (Wildman–Crippen LogP) is 4.16. The molecule has 3 rings (SSSR count). The van der Waals surface area contributed by atoms with E-state index in [2.05, 4.69) is 26.2 Å². The highest BCUT2D eigenvalue weighted by Crippen LogP contribution is 2.22. The summed E-state index contributed by atoms with van der Waals surface area (Å²) >= 11 is 3.37. The molecule has 4 nitrogen and oxygen atoms in total. The number of nitrogens with one attached hydrogen (secondary N) is 2. The van der Waals surface area contributed by atoms with Crippen LogP contribution in [0.1, 0.15) is 21.5 Å². The minimum atomic E-state index is -0.206. The van der Waals surface area contributed by atoms with Crippen LogP contribution in [-0.2, 0) is 0 Å². The third-order valence-electron chi connectivity index (χ3n) is 3.95. The number of hydrogen-bond donors (Lipinski definition) is 2. The van der Waals surface area contributed by atoms with Crippen molar-refractivity contribution in [2.75, 3.05) is 5.32 Å². The van der Waals surface area contributed by atoms with Gasteiger partial charge in [-0.15, -0.1) is 0 Å². The first-order valence-corrected chi connectivity index (χ1v) is 7.96. The van der Waals surface area contributed by atoms with Gasteiger partial charge in [-0.2, -0.15) is 0 Å². The number of rotatable bonds is 2. The number of H-pyrrole nitrogens is 1. The normalized spacial score (nSPS) is 10.7. The fourth-order valence-electron chi connectivity index (χ4n) is 2.48. The van der Waals surface area contributed by atoms with Crippen LogP contribution in [-0.4, -0.2) is 10.9 Å². The molecule has 0 saturated heterocycles. The zero-order chi connectivity index (χ0) is 16.6. The number of aromatic amines is 1. The van der Waals surface area contributed by atoms with E-state index in [4.69, 9.17) is 0 Å². The molecule has 0 unspecified atom stereocenters. The molecule has 1 amide bonds. The van der Waals surface area contributed by atoms with Crippen molar-refractivity contribution < 1.29 is 4.79 Å². The Morgan fingerprint density at radius 3 is 2.57 bits per heavy atom. The molecule has 23 heavy (non-hydrogen) atoms. The number of benzene rings is 2. The van der Waals surface area contributed by atoms with E-state index >= 15 is 0 Å². The van der Waals surface area contributed by atoms with Crippen molar-refractivity contribution in [2.45, 2.75) is 13.8 Å². The summed E-state index contributed by atoms with van der Waals surface area (Å²) in [7, 11) is 0. The lowest BCUT2D eigenvalue weighted by Crippen LogP contribution is -2.14. The molecule has 0 aliphatic heterocycles. The predicted molar refractivity (Wildman–Crippen MR) is 96.1 cm³/mol. The highest BCUT2D eigenvalue weighted by molar-refractivity contribution is 9.10. The van der Waals surface area contributed by atoms with Crippen LogP contribution >= 0.6 is 15.9 Å². The third-order valence-corrected chi connectivity index (χ3v) is 4.64. The largest absolute Gasteiger partial charge is 0.322 e. The van der Waals surface area contributed by atoms with E-state index in [1.807, 2.05) is 37.3 Å². The summed E-state index contributed by atoms with van der Waals surface area (Å²) in [5.41, 5.74) is 3.46. The maximum atomic E-state index is 12.3. The lowest BCUT2D eigenvalue weighted by atomic mass is 10.1. The zero-order valence-corrected chi connectivity index (χ0v) is 14.3. The average Bonchev–Trinajstić information content (AvgIpc) is 2.53. The van der Waals surface area contributed by atoms with Gasteiger partial charge in [0.25, 0.3) is 11.5 Å². The number of anilines is 1. The van der Waals surface area contributed by atoms with E-state index in [1.165, 1.54) is 0 Å². The molecule has 0 fully saturated rings. The number of fused-ring (bicyclic) bond motifs is 1. The van der Waals surface area contributed by atoms with Crippen LogP contribution in [0.5, 0.6) is 0 Å². The third kappa shape index (κ3) is 2.92. The second kappa shape index (κ2) is 6.01. The Morgan fingerprint density at radius 1 is 1.09 bits per heavy atom. The highest BCUT2D eigenvalue weighted by atomic mass is 79.9. The molecule has 2 N–H and O–H groups in total. The maximum absolute atomic E-state index is 12.3. The molecule has 0 spiro atoms. The summed E-state index contributed by atoms with van der Waals surface area (Å²) in [6.07, 6.45) is 0. The Labute approximate surface area is 141 Å². The quantitative estimate of drug-likeness (QED) is 0.711. The van der Waals surface area contributed by atoms with Gasteiger partial charge in [0.15, 0.2) is 0 Å². The second-order valence-electron chi connectivity index (χ2n) is 5.40. The van der Waals surface area contributed by atoms with Crippen molar-refractivity contribution in [3.8, 4) is 0 Å². The lowest BCUT2D eigenvalue weighted by molar-refractivity contribution is 0.102. The molecule has 0 bridgehead atoms. The van der Waals surface area contributed by atoms with Crippen molar-refractivity contribution in [3.63, 3.8) is 0 Å². The van der Waals surface area contributed by atoms with Gasteiger partial charge >= 0.3 is 0 Å². The van der Waals surface area contributed by atoms with Gasteiger partial charge in [-0.25, -0.2) is 0 Å². The molecule has 0 atom stereocenters. The number of carbonyl (C=O) groups excluding carboxylic acids is 1. The molecule has 0 aliphatic rings. The molecular formula is C18H15BrN2O2. The Bertz CT molecular complexity index is 976. The van der Waals surface area contributed by atoms with E-state index in [0.29, 0.717) is 22.3 Å². The molecular weight excluding hydrogens is 356 g/mol. The molecule has 0 saturated carbocycles. The zero-order valence-electron chi connectivity index (χ0n) is 12.7. The Kier molecular flexibility index (Phi) is 4.05. The average molecular weight is 371 g/mol. The number of aryl methyl sites for hydroxylation is 1. The monoisotopic (exact) mass is 370 g/mol. The van der Waals surface area contributed by atoms with Gasteiger partial charge in [0.1, 0.15) is 0 Å². The van der Waals surface area contributed by atoms with Gasteiger partial charge in [-0.1, -0.05) is 18.2 Å². The van der Waals surface area contributed by atoms with Gasteiger partial charge in [0.05, 0.1) is 11.1 Å². The standard InChI is InChI=1S/C18H15BrN2O2/c1-10-11(2)17(22)21-16-9-12(7-8-13(10)16)20-18(23)14-5-3-4-6-15(14)19/h3-9H,1-2H3,(H,20,23)(H,21,22). The van der Waals surface area contributed by atoms with Crippen molar-refractivity contribution >= 4 is 38.4 Å². The van der Waals surface area contributed by atoms with Crippen LogP contribution in [0.4, 0.5) is 5.69 Å². The Hall–Kier alpha value is -2.40. The fraction of sp³-hybridized carbons (Fsp3) is 0.111. The van der Waals surface area contributed by atoms with Crippen molar-refractivity contribution in [2.24, 2.45) is 0 Å². The molecule has 0 radical (unpaired) electrons. The van der Waals surface area contributed by atoms with Crippen LogP contribution < -0.4 is 10.9 Å². The van der Waals surface area contributed by atoms with Gasteiger partial charge < -0.3 is 10.3 Å². The number of carbonyl (C=O) groups is 1. The summed E-state index contributed by atoms with van der Waals surface area (Å²) < 4.78 is 0.734. The first kappa shape index (κ1) is 15.5. The summed E-state index contributed by atoms with van der Waals surface area (Å²) in [6.45, 7) is 3.72. The lowest BCUT2D eigenvalue weighted by Gasteiger charge is -2.10. The summed E-state index contributed by atoms with van der Waals surface area (Å²) in [6, 6.07) is 12.7. The van der Waals surface area contributed by atoms with Gasteiger partial charge in [0, 0.05) is 21.1 Å². The molecule has 5 heteroatoms. The van der Waals surface area contributed by atoms with Crippen LogP contribution in [0.15, 0.2) is 51.7 Å².